The Morgan fingerprint density at radius 1 is 1.47 bits per heavy atom. The van der Waals surface area contributed by atoms with Crippen LogP contribution in [-0.2, 0) is 9.53 Å². The molecule has 0 saturated heterocycles. The second-order valence-corrected chi connectivity index (χ2v) is 6.39. The lowest BCUT2D eigenvalue weighted by Crippen LogP contribution is -2.38. The Morgan fingerprint density at radius 2 is 2.16 bits per heavy atom. The van der Waals surface area contributed by atoms with Crippen LogP contribution in [0.4, 0.5) is 0 Å². The zero-order valence-corrected chi connectivity index (χ0v) is 12.5. The highest BCUT2D eigenvalue weighted by molar-refractivity contribution is 5.67. The van der Waals surface area contributed by atoms with Crippen molar-refractivity contribution in [3.63, 3.8) is 0 Å². The first kappa shape index (κ1) is 14.1. The van der Waals surface area contributed by atoms with Gasteiger partial charge in [-0.05, 0) is 45.1 Å². The van der Waals surface area contributed by atoms with Crippen LogP contribution in [0.15, 0.2) is 35.6 Å². The van der Waals surface area contributed by atoms with E-state index >= 15 is 0 Å². The molecule has 0 bridgehead atoms. The highest BCUT2D eigenvalue weighted by Crippen LogP contribution is 2.53. The third-order valence-corrected chi connectivity index (χ3v) is 4.64. The molecule has 0 fully saturated rings. The first-order chi connectivity index (χ1) is 8.83. The van der Waals surface area contributed by atoms with E-state index in [9.17, 15) is 4.79 Å². The van der Waals surface area contributed by atoms with Gasteiger partial charge in [0.2, 0.25) is 0 Å². The molecular weight excluding hydrogens is 236 g/mol. The fraction of sp³-hybridized carbons (Fsp3) is 0.588. The van der Waals surface area contributed by atoms with Gasteiger partial charge in [-0.1, -0.05) is 30.7 Å². The molecule has 2 heteroatoms. The minimum absolute atomic E-state index is 0.0313. The van der Waals surface area contributed by atoms with Crippen LogP contribution < -0.4 is 0 Å². The maximum Gasteiger partial charge on any atom is 0.307 e. The van der Waals surface area contributed by atoms with E-state index in [2.05, 4.69) is 39.5 Å². The van der Waals surface area contributed by atoms with E-state index in [1.807, 2.05) is 0 Å². The van der Waals surface area contributed by atoms with Crippen molar-refractivity contribution in [1.29, 1.82) is 0 Å². The summed E-state index contributed by atoms with van der Waals surface area (Å²) in [5.41, 5.74) is 2.51. The third kappa shape index (κ3) is 2.68. The van der Waals surface area contributed by atoms with Crippen molar-refractivity contribution < 1.29 is 9.53 Å². The van der Waals surface area contributed by atoms with Crippen LogP contribution in [0, 0.1) is 17.3 Å². The summed E-state index contributed by atoms with van der Waals surface area (Å²) in [4.78, 5) is 11.4. The van der Waals surface area contributed by atoms with Crippen LogP contribution in [0.3, 0.4) is 0 Å². The molecule has 0 saturated carbocycles. The quantitative estimate of drug-likeness (QED) is 0.543. The van der Waals surface area contributed by atoms with E-state index in [-0.39, 0.29) is 11.4 Å². The number of allylic oxidation sites excluding steroid dienone is 5. The van der Waals surface area contributed by atoms with E-state index in [1.165, 1.54) is 12.5 Å². The molecule has 0 aliphatic heterocycles. The monoisotopic (exact) mass is 260 g/mol. The molecule has 0 N–H and O–H groups in total. The number of hydrogen-bond donors (Lipinski definition) is 0. The molecular formula is C17H24O2. The Bertz CT molecular complexity index is 470. The van der Waals surface area contributed by atoms with Crippen molar-refractivity contribution in [2.75, 3.05) is 0 Å². The van der Waals surface area contributed by atoms with Gasteiger partial charge in [-0.15, -0.1) is 0 Å². The van der Waals surface area contributed by atoms with Crippen LogP contribution in [0.2, 0.25) is 0 Å². The summed E-state index contributed by atoms with van der Waals surface area (Å²) in [5, 5.41) is 0. The predicted octanol–water partition coefficient (Wildman–Crippen LogP) is 4.39. The highest BCUT2D eigenvalue weighted by Gasteiger charge is 2.45. The number of esters is 1. The van der Waals surface area contributed by atoms with Crippen LogP contribution in [0.5, 0.6) is 0 Å². The van der Waals surface area contributed by atoms with Crippen LogP contribution in [-0.4, -0.2) is 5.97 Å². The van der Waals surface area contributed by atoms with Crippen LogP contribution in [0.1, 0.15) is 47.0 Å². The maximum absolute atomic E-state index is 11.4. The van der Waals surface area contributed by atoms with Gasteiger partial charge in [-0.2, -0.15) is 0 Å². The molecule has 19 heavy (non-hydrogen) atoms. The fourth-order valence-electron chi connectivity index (χ4n) is 3.44. The number of carbonyl (C=O) groups excluding carboxylic acids is 1. The molecule has 0 amide bonds. The van der Waals surface area contributed by atoms with Gasteiger partial charge in [-0.3, -0.25) is 4.79 Å². The Hall–Kier alpha value is -1.31. The summed E-state index contributed by atoms with van der Waals surface area (Å²) < 4.78 is 5.55. The van der Waals surface area contributed by atoms with Gasteiger partial charge in [0.05, 0.1) is 0 Å². The summed E-state index contributed by atoms with van der Waals surface area (Å²) >= 11 is 0. The summed E-state index contributed by atoms with van der Waals surface area (Å²) in [6.07, 6.45) is 7.63. The predicted molar refractivity (Wildman–Crippen MR) is 77.4 cm³/mol. The molecule has 0 radical (unpaired) electrons. The van der Waals surface area contributed by atoms with Crippen LogP contribution >= 0.6 is 0 Å². The van der Waals surface area contributed by atoms with Crippen molar-refractivity contribution in [1.82, 2.24) is 0 Å². The molecule has 0 aromatic rings. The Morgan fingerprint density at radius 3 is 2.74 bits per heavy atom. The van der Waals surface area contributed by atoms with E-state index in [0.29, 0.717) is 11.8 Å². The topological polar surface area (TPSA) is 26.3 Å². The smallest absolute Gasteiger partial charge is 0.307 e. The normalized spacial score (nSPS) is 33.9. The molecule has 104 valence electrons. The molecule has 2 rings (SSSR count). The van der Waals surface area contributed by atoms with E-state index in [1.54, 1.807) is 0 Å². The molecule has 0 aromatic carbocycles. The van der Waals surface area contributed by atoms with Crippen molar-refractivity contribution in [2.45, 2.75) is 47.0 Å². The number of hydrogen-bond acceptors (Lipinski definition) is 2. The van der Waals surface area contributed by atoms with Crippen molar-refractivity contribution in [3.8, 4) is 0 Å². The maximum atomic E-state index is 11.4. The standard InChI is InChI=1S/C17H24O2/c1-11(2)14-8-15-7-6-12(3)10-17(15,5)16(9-14)19-13(4)18/h6,9,14-15H,1,7-8,10H2,2-5H3. The van der Waals surface area contributed by atoms with Crippen molar-refractivity contribution in [3.05, 3.63) is 35.6 Å². The first-order valence-electron chi connectivity index (χ1n) is 7.04. The molecule has 3 unspecified atom stereocenters. The lowest BCUT2D eigenvalue weighted by Gasteiger charge is -2.46. The third-order valence-electron chi connectivity index (χ3n) is 4.64. The van der Waals surface area contributed by atoms with Crippen molar-refractivity contribution in [2.24, 2.45) is 17.3 Å². The van der Waals surface area contributed by atoms with Gasteiger partial charge in [-0.25, -0.2) is 0 Å². The molecule has 3 atom stereocenters. The lowest BCUT2D eigenvalue weighted by molar-refractivity contribution is -0.139. The minimum atomic E-state index is -0.221. The summed E-state index contributed by atoms with van der Waals surface area (Å²) in [6, 6.07) is 0. The Kier molecular flexibility index (Phi) is 3.71. The first-order valence-corrected chi connectivity index (χ1v) is 7.04. The van der Waals surface area contributed by atoms with Crippen molar-refractivity contribution >= 4 is 5.97 Å². The summed E-state index contributed by atoms with van der Waals surface area (Å²) in [6.45, 7) is 12.0. The molecule has 2 aliphatic rings. The second kappa shape index (κ2) is 4.99. The van der Waals surface area contributed by atoms with Gasteiger partial charge in [0.1, 0.15) is 5.76 Å². The van der Waals surface area contributed by atoms with Crippen LogP contribution in [0.25, 0.3) is 0 Å². The summed E-state index contributed by atoms with van der Waals surface area (Å²) in [7, 11) is 0. The molecule has 2 nitrogen and oxygen atoms in total. The van der Waals surface area contributed by atoms with E-state index < -0.39 is 0 Å². The lowest BCUT2D eigenvalue weighted by atomic mass is 9.60. The van der Waals surface area contributed by atoms with Gasteiger partial charge >= 0.3 is 5.97 Å². The van der Waals surface area contributed by atoms with E-state index in [0.717, 1.165) is 30.6 Å². The summed E-state index contributed by atoms with van der Waals surface area (Å²) in [5.74, 6) is 1.51. The van der Waals surface area contributed by atoms with E-state index in [4.69, 9.17) is 4.74 Å². The van der Waals surface area contributed by atoms with Gasteiger partial charge < -0.3 is 4.74 Å². The molecule has 0 aromatic heterocycles. The molecule has 2 aliphatic carbocycles. The Labute approximate surface area is 116 Å². The fourth-order valence-corrected chi connectivity index (χ4v) is 3.44. The van der Waals surface area contributed by atoms with Gasteiger partial charge in [0.25, 0.3) is 0 Å². The van der Waals surface area contributed by atoms with Gasteiger partial charge in [0, 0.05) is 18.3 Å². The number of fused-ring (bicyclic) bond motifs is 1. The molecule has 0 heterocycles. The average molecular weight is 260 g/mol. The minimum Gasteiger partial charge on any atom is -0.431 e. The average Bonchev–Trinajstić information content (AvgIpc) is 2.28. The largest absolute Gasteiger partial charge is 0.431 e. The number of ether oxygens (including phenoxy) is 1. The molecule has 0 spiro atoms. The highest BCUT2D eigenvalue weighted by atomic mass is 16.5. The number of rotatable bonds is 2. The SMILES string of the molecule is C=C(C)C1C=C(OC(C)=O)C2(C)CC(C)=CCC2C1. The zero-order valence-electron chi connectivity index (χ0n) is 12.5. The number of carbonyl (C=O) groups is 1. The second-order valence-electron chi connectivity index (χ2n) is 6.39. The zero-order chi connectivity index (χ0) is 14.2. The van der Waals surface area contributed by atoms with Gasteiger partial charge in [0.15, 0.2) is 0 Å². The Balaban J connectivity index is 2.39.